The molecule has 0 radical (unpaired) electrons. The minimum atomic E-state index is 0.726. The van der Waals surface area contributed by atoms with Crippen molar-refractivity contribution < 1.29 is 0 Å². The lowest BCUT2D eigenvalue weighted by Gasteiger charge is -2.05. The van der Waals surface area contributed by atoms with Crippen molar-refractivity contribution in [2.75, 3.05) is 11.1 Å². The highest BCUT2D eigenvalue weighted by atomic mass is 15.1. The molecule has 2 rings (SSSR count). The van der Waals surface area contributed by atoms with Crippen molar-refractivity contribution in [2.24, 2.45) is 0 Å². The predicted molar refractivity (Wildman–Crippen MR) is 52.7 cm³/mol. The second kappa shape index (κ2) is 3.18. The highest BCUT2D eigenvalue weighted by molar-refractivity contribution is 5.71. The molecule has 4 heteroatoms. The first-order valence-corrected chi connectivity index (χ1v) is 3.96. The fraction of sp³-hybridized carbons (Fsp3) is 0. The maximum absolute atomic E-state index is 5.74. The Morgan fingerprint density at radius 2 is 2.15 bits per heavy atom. The summed E-state index contributed by atoms with van der Waals surface area (Å²) >= 11 is 0. The number of aromatic nitrogens is 2. The molecule has 0 unspecified atom stereocenters. The first-order valence-electron chi connectivity index (χ1n) is 3.96. The minimum Gasteiger partial charge on any atom is -0.397 e. The summed E-state index contributed by atoms with van der Waals surface area (Å²) in [7, 11) is 0. The van der Waals surface area contributed by atoms with Gasteiger partial charge in [-0.1, -0.05) is 12.1 Å². The Morgan fingerprint density at radius 1 is 1.31 bits per heavy atom. The number of hydrogen-bond donors (Lipinski definition) is 3. The number of nitrogens with one attached hydrogen (secondary N) is 2. The summed E-state index contributed by atoms with van der Waals surface area (Å²) in [5, 5.41) is 9.67. The van der Waals surface area contributed by atoms with Gasteiger partial charge >= 0.3 is 0 Å². The van der Waals surface area contributed by atoms with E-state index in [-0.39, 0.29) is 0 Å². The molecule has 0 saturated heterocycles. The van der Waals surface area contributed by atoms with Crippen LogP contribution >= 0.6 is 0 Å². The van der Waals surface area contributed by atoms with E-state index in [1.807, 2.05) is 24.3 Å². The number of para-hydroxylation sites is 2. The van der Waals surface area contributed by atoms with Crippen LogP contribution < -0.4 is 11.1 Å². The van der Waals surface area contributed by atoms with Gasteiger partial charge in [0, 0.05) is 6.20 Å². The summed E-state index contributed by atoms with van der Waals surface area (Å²) in [6, 6.07) is 7.60. The second-order valence-corrected chi connectivity index (χ2v) is 2.70. The number of benzene rings is 1. The number of H-pyrrole nitrogens is 1. The molecule has 66 valence electrons. The van der Waals surface area contributed by atoms with Crippen LogP contribution in [-0.2, 0) is 0 Å². The average Bonchev–Trinajstić information content (AvgIpc) is 2.61. The van der Waals surface area contributed by atoms with Crippen molar-refractivity contribution in [3.8, 4) is 0 Å². The van der Waals surface area contributed by atoms with Crippen molar-refractivity contribution in [1.29, 1.82) is 0 Å². The number of nitrogens with zero attached hydrogens (tertiary/aromatic N) is 1. The number of nitrogens with two attached hydrogens (primary N) is 1. The van der Waals surface area contributed by atoms with Crippen LogP contribution in [0.1, 0.15) is 0 Å². The summed E-state index contributed by atoms with van der Waals surface area (Å²) < 4.78 is 0. The molecule has 1 heterocycles. The smallest absolute Gasteiger partial charge is 0.0768 e. The number of aromatic amines is 1. The average molecular weight is 174 g/mol. The fourth-order valence-electron chi connectivity index (χ4n) is 1.09. The molecule has 0 saturated carbocycles. The summed E-state index contributed by atoms with van der Waals surface area (Å²) in [6.45, 7) is 0. The van der Waals surface area contributed by atoms with Gasteiger partial charge in [-0.15, -0.1) is 0 Å². The molecular weight excluding hydrogens is 164 g/mol. The number of rotatable bonds is 2. The lowest BCUT2D eigenvalue weighted by molar-refractivity contribution is 1.09. The van der Waals surface area contributed by atoms with Crippen LogP contribution in [0.2, 0.25) is 0 Å². The third-order valence-corrected chi connectivity index (χ3v) is 1.74. The largest absolute Gasteiger partial charge is 0.397 e. The van der Waals surface area contributed by atoms with Crippen molar-refractivity contribution in [3.63, 3.8) is 0 Å². The zero-order valence-electron chi connectivity index (χ0n) is 6.99. The molecule has 0 spiro atoms. The van der Waals surface area contributed by atoms with E-state index in [2.05, 4.69) is 15.5 Å². The van der Waals surface area contributed by atoms with E-state index in [4.69, 9.17) is 5.73 Å². The Morgan fingerprint density at radius 3 is 2.85 bits per heavy atom. The van der Waals surface area contributed by atoms with Gasteiger partial charge in [0.1, 0.15) is 0 Å². The molecule has 4 N–H and O–H groups in total. The molecule has 0 bridgehead atoms. The number of hydrogen-bond acceptors (Lipinski definition) is 3. The SMILES string of the molecule is Nc1ccccc1Nc1cn[nH]c1. The van der Waals surface area contributed by atoms with Gasteiger partial charge in [0.25, 0.3) is 0 Å². The molecule has 0 aliphatic rings. The number of nitrogen functional groups attached to an aromatic ring is 1. The fourth-order valence-corrected chi connectivity index (χ4v) is 1.09. The van der Waals surface area contributed by atoms with E-state index < -0.39 is 0 Å². The van der Waals surface area contributed by atoms with Crippen molar-refractivity contribution in [3.05, 3.63) is 36.7 Å². The van der Waals surface area contributed by atoms with Crippen LogP contribution in [0.5, 0.6) is 0 Å². The van der Waals surface area contributed by atoms with E-state index >= 15 is 0 Å². The molecule has 1 aromatic carbocycles. The molecule has 13 heavy (non-hydrogen) atoms. The second-order valence-electron chi connectivity index (χ2n) is 2.70. The monoisotopic (exact) mass is 174 g/mol. The van der Waals surface area contributed by atoms with Crippen LogP contribution in [0.15, 0.2) is 36.7 Å². The van der Waals surface area contributed by atoms with E-state index in [1.54, 1.807) is 12.4 Å². The van der Waals surface area contributed by atoms with Crippen LogP contribution in [0.3, 0.4) is 0 Å². The third kappa shape index (κ3) is 1.61. The van der Waals surface area contributed by atoms with Gasteiger partial charge in [0.15, 0.2) is 0 Å². The molecular formula is C9H10N4. The first-order chi connectivity index (χ1) is 6.36. The Balaban J connectivity index is 2.24. The Bertz CT molecular complexity index is 380. The molecule has 0 aliphatic heterocycles. The van der Waals surface area contributed by atoms with Gasteiger partial charge in [0.2, 0.25) is 0 Å². The van der Waals surface area contributed by atoms with Crippen LogP contribution in [-0.4, -0.2) is 10.2 Å². The molecule has 0 amide bonds. The van der Waals surface area contributed by atoms with Crippen molar-refractivity contribution in [1.82, 2.24) is 10.2 Å². The first kappa shape index (κ1) is 7.67. The van der Waals surface area contributed by atoms with Crippen LogP contribution in [0.25, 0.3) is 0 Å². The van der Waals surface area contributed by atoms with Gasteiger partial charge in [-0.05, 0) is 12.1 Å². The summed E-state index contributed by atoms with van der Waals surface area (Å²) in [5.74, 6) is 0. The van der Waals surface area contributed by atoms with E-state index in [0.29, 0.717) is 0 Å². The maximum atomic E-state index is 5.74. The normalized spacial score (nSPS) is 9.85. The summed E-state index contributed by atoms with van der Waals surface area (Å²) in [6.07, 6.45) is 3.47. The lowest BCUT2D eigenvalue weighted by atomic mass is 10.2. The standard InChI is InChI=1S/C9H10N4/c10-8-3-1-2-4-9(8)13-7-5-11-12-6-7/h1-6,13H,10H2,(H,11,12). The molecule has 0 aliphatic carbocycles. The van der Waals surface area contributed by atoms with E-state index in [1.165, 1.54) is 0 Å². The predicted octanol–water partition coefficient (Wildman–Crippen LogP) is 1.74. The highest BCUT2D eigenvalue weighted by Gasteiger charge is 1.97. The Kier molecular flexibility index (Phi) is 1.88. The van der Waals surface area contributed by atoms with Crippen molar-refractivity contribution in [2.45, 2.75) is 0 Å². The molecule has 1 aromatic heterocycles. The Hall–Kier alpha value is -1.97. The van der Waals surface area contributed by atoms with Gasteiger partial charge in [-0.2, -0.15) is 5.10 Å². The lowest BCUT2D eigenvalue weighted by Crippen LogP contribution is -1.94. The van der Waals surface area contributed by atoms with E-state index in [9.17, 15) is 0 Å². The Labute approximate surface area is 75.8 Å². The third-order valence-electron chi connectivity index (χ3n) is 1.74. The van der Waals surface area contributed by atoms with Crippen molar-refractivity contribution >= 4 is 17.1 Å². The van der Waals surface area contributed by atoms with Crippen LogP contribution in [0.4, 0.5) is 17.1 Å². The summed E-state index contributed by atoms with van der Waals surface area (Å²) in [5.41, 5.74) is 8.26. The summed E-state index contributed by atoms with van der Waals surface area (Å²) in [4.78, 5) is 0. The molecule has 0 atom stereocenters. The molecule has 2 aromatic rings. The van der Waals surface area contributed by atoms with E-state index in [0.717, 1.165) is 17.1 Å². The number of anilines is 3. The minimum absolute atomic E-state index is 0.726. The van der Waals surface area contributed by atoms with Gasteiger partial charge in [-0.25, -0.2) is 0 Å². The molecule has 4 nitrogen and oxygen atoms in total. The molecule has 0 fully saturated rings. The van der Waals surface area contributed by atoms with Gasteiger partial charge in [-0.3, -0.25) is 5.10 Å². The topological polar surface area (TPSA) is 66.7 Å². The van der Waals surface area contributed by atoms with Gasteiger partial charge in [0.05, 0.1) is 23.3 Å². The van der Waals surface area contributed by atoms with Gasteiger partial charge < -0.3 is 11.1 Å². The quantitative estimate of drug-likeness (QED) is 0.607. The zero-order valence-corrected chi connectivity index (χ0v) is 6.99. The van der Waals surface area contributed by atoms with Crippen LogP contribution in [0, 0.1) is 0 Å². The maximum Gasteiger partial charge on any atom is 0.0768 e. The zero-order chi connectivity index (χ0) is 9.10. The highest BCUT2D eigenvalue weighted by Crippen LogP contribution is 2.20.